The van der Waals surface area contributed by atoms with Gasteiger partial charge in [-0.2, -0.15) is 0 Å². The van der Waals surface area contributed by atoms with Crippen molar-refractivity contribution in [2.45, 2.75) is 13.8 Å². The molecule has 2 N–H and O–H groups in total. The van der Waals surface area contributed by atoms with Gasteiger partial charge in [0.15, 0.2) is 5.96 Å². The van der Waals surface area contributed by atoms with Crippen molar-refractivity contribution in [3.63, 3.8) is 0 Å². The van der Waals surface area contributed by atoms with Gasteiger partial charge in [-0.25, -0.2) is 0 Å². The average molecular weight is 358 g/mol. The Labute approximate surface area is 122 Å². The molecule has 0 aliphatic carbocycles. The van der Waals surface area contributed by atoms with Crippen molar-refractivity contribution in [2.24, 2.45) is 4.99 Å². The van der Waals surface area contributed by atoms with Crippen LogP contribution in [0.15, 0.2) is 4.99 Å². The molecule has 0 aromatic carbocycles. The second kappa shape index (κ2) is 14.0. The number of likely N-dealkylation sites (N-methyl/N-ethyl adjacent to an activating group) is 1. The van der Waals surface area contributed by atoms with E-state index in [0.717, 1.165) is 38.7 Å². The van der Waals surface area contributed by atoms with Crippen molar-refractivity contribution < 1.29 is 4.74 Å². The normalized spacial score (nSPS) is 11.2. The average Bonchev–Trinajstić information content (AvgIpc) is 2.29. The van der Waals surface area contributed by atoms with Crippen molar-refractivity contribution in [3.05, 3.63) is 0 Å². The Bertz CT molecular complexity index is 190. The third kappa shape index (κ3) is 12.2. The molecule has 0 radical (unpaired) electrons. The molecule has 0 atom stereocenters. The predicted octanol–water partition coefficient (Wildman–Crippen LogP) is 0.758. The molecule has 0 unspecified atom stereocenters. The number of methoxy groups -OCH3 is 1. The lowest BCUT2D eigenvalue weighted by Gasteiger charge is -2.14. The fraction of sp³-hybridized carbons (Fsp3) is 0.909. The highest BCUT2D eigenvalue weighted by atomic mass is 127. The van der Waals surface area contributed by atoms with Crippen LogP contribution in [0, 0.1) is 0 Å². The second-order valence-corrected chi connectivity index (χ2v) is 3.58. The number of hydrogen-bond donors (Lipinski definition) is 2. The molecule has 0 aliphatic heterocycles. The summed E-state index contributed by atoms with van der Waals surface area (Å²) in [5.41, 5.74) is 0. The van der Waals surface area contributed by atoms with Gasteiger partial charge in [-0.3, -0.25) is 4.99 Å². The van der Waals surface area contributed by atoms with Gasteiger partial charge < -0.3 is 20.3 Å². The largest absolute Gasteiger partial charge is 0.383 e. The Morgan fingerprint density at radius 3 is 2.53 bits per heavy atom. The first-order chi connectivity index (χ1) is 7.74. The molecule has 17 heavy (non-hydrogen) atoms. The van der Waals surface area contributed by atoms with Crippen LogP contribution in [0.5, 0.6) is 0 Å². The van der Waals surface area contributed by atoms with E-state index in [1.165, 1.54) is 0 Å². The van der Waals surface area contributed by atoms with Gasteiger partial charge in [-0.05, 0) is 20.5 Å². The lowest BCUT2D eigenvalue weighted by molar-refractivity contribution is 0.203. The van der Waals surface area contributed by atoms with Gasteiger partial charge in [0.25, 0.3) is 0 Å². The van der Waals surface area contributed by atoms with Crippen LogP contribution >= 0.6 is 24.0 Å². The highest BCUT2D eigenvalue weighted by Crippen LogP contribution is 1.81. The van der Waals surface area contributed by atoms with E-state index in [9.17, 15) is 0 Å². The zero-order valence-corrected chi connectivity index (χ0v) is 13.8. The zero-order valence-electron chi connectivity index (χ0n) is 11.5. The number of ether oxygens (including phenoxy) is 1. The smallest absolute Gasteiger partial charge is 0.191 e. The van der Waals surface area contributed by atoms with Gasteiger partial charge in [0.1, 0.15) is 0 Å². The number of nitrogens with one attached hydrogen (secondary N) is 2. The Morgan fingerprint density at radius 2 is 2.00 bits per heavy atom. The van der Waals surface area contributed by atoms with Crippen molar-refractivity contribution in [1.29, 1.82) is 0 Å². The molecule has 0 bridgehead atoms. The molecule has 0 saturated heterocycles. The van der Waals surface area contributed by atoms with E-state index in [-0.39, 0.29) is 24.0 Å². The van der Waals surface area contributed by atoms with Crippen molar-refractivity contribution >= 4 is 29.9 Å². The number of rotatable bonds is 8. The van der Waals surface area contributed by atoms with E-state index >= 15 is 0 Å². The summed E-state index contributed by atoms with van der Waals surface area (Å²) in [5, 5.41) is 6.41. The lowest BCUT2D eigenvalue weighted by atomic mass is 10.5. The summed E-state index contributed by atoms with van der Waals surface area (Å²) < 4.78 is 4.98. The van der Waals surface area contributed by atoms with Crippen molar-refractivity contribution in [1.82, 2.24) is 15.5 Å². The maximum Gasteiger partial charge on any atom is 0.191 e. The molecule has 0 spiro atoms. The predicted molar refractivity (Wildman–Crippen MR) is 84.4 cm³/mol. The number of hydrogen-bond acceptors (Lipinski definition) is 3. The molecule has 0 aliphatic rings. The van der Waals surface area contributed by atoms with Gasteiger partial charge in [-0.1, -0.05) is 6.92 Å². The molecule has 0 aromatic rings. The van der Waals surface area contributed by atoms with Gasteiger partial charge in [-0.15, -0.1) is 24.0 Å². The molecule has 6 heteroatoms. The first kappa shape index (κ1) is 19.3. The summed E-state index contributed by atoms with van der Waals surface area (Å²) >= 11 is 0. The molecule has 104 valence electrons. The third-order valence-electron chi connectivity index (χ3n) is 2.23. The molecule has 0 amide bonds. The number of nitrogens with zero attached hydrogens (tertiary/aromatic N) is 2. The Kier molecular flexibility index (Phi) is 15.8. The van der Waals surface area contributed by atoms with Crippen molar-refractivity contribution in [2.75, 3.05) is 53.5 Å². The molecule has 0 rings (SSSR count). The fourth-order valence-electron chi connectivity index (χ4n) is 1.10. The van der Waals surface area contributed by atoms with E-state index in [4.69, 9.17) is 4.74 Å². The topological polar surface area (TPSA) is 48.9 Å². The van der Waals surface area contributed by atoms with E-state index in [2.05, 4.69) is 41.4 Å². The minimum atomic E-state index is 0. The van der Waals surface area contributed by atoms with Crippen LogP contribution in [0.3, 0.4) is 0 Å². The molecule has 0 saturated carbocycles. The van der Waals surface area contributed by atoms with Crippen LogP contribution in [0.4, 0.5) is 0 Å². The summed E-state index contributed by atoms with van der Waals surface area (Å²) in [6.45, 7) is 9.41. The molecule has 0 aromatic heterocycles. The molecule has 0 heterocycles. The zero-order chi connectivity index (χ0) is 12.2. The van der Waals surface area contributed by atoms with E-state index in [0.29, 0.717) is 6.61 Å². The highest BCUT2D eigenvalue weighted by Gasteiger charge is 1.96. The maximum absolute atomic E-state index is 4.98. The molecule has 5 nitrogen and oxygen atoms in total. The van der Waals surface area contributed by atoms with Crippen LogP contribution in [-0.4, -0.2) is 64.3 Å². The SMILES string of the molecule is CCNC(=NCCN(C)CC)NCCOC.I. The first-order valence-corrected chi connectivity index (χ1v) is 5.94. The minimum absolute atomic E-state index is 0. The van der Waals surface area contributed by atoms with E-state index in [1.807, 2.05) is 0 Å². The second-order valence-electron chi connectivity index (χ2n) is 3.58. The first-order valence-electron chi connectivity index (χ1n) is 5.94. The van der Waals surface area contributed by atoms with Gasteiger partial charge in [0.05, 0.1) is 13.2 Å². The minimum Gasteiger partial charge on any atom is -0.383 e. The van der Waals surface area contributed by atoms with Gasteiger partial charge >= 0.3 is 0 Å². The van der Waals surface area contributed by atoms with Crippen LogP contribution in [0.1, 0.15) is 13.8 Å². The highest BCUT2D eigenvalue weighted by molar-refractivity contribution is 14.0. The lowest BCUT2D eigenvalue weighted by Crippen LogP contribution is -2.39. The summed E-state index contributed by atoms with van der Waals surface area (Å²) in [6, 6.07) is 0. The molecular weight excluding hydrogens is 331 g/mol. The molecular formula is C11H27IN4O. The molecule has 0 fully saturated rings. The van der Waals surface area contributed by atoms with E-state index in [1.54, 1.807) is 7.11 Å². The van der Waals surface area contributed by atoms with Crippen LogP contribution in [0.25, 0.3) is 0 Å². The Hall–Kier alpha value is -0.0800. The number of guanidine groups is 1. The number of aliphatic imine (C=N–C) groups is 1. The summed E-state index contributed by atoms with van der Waals surface area (Å²) in [5.74, 6) is 0.865. The fourth-order valence-corrected chi connectivity index (χ4v) is 1.10. The summed E-state index contributed by atoms with van der Waals surface area (Å²) in [7, 11) is 3.79. The maximum atomic E-state index is 4.98. The Morgan fingerprint density at radius 1 is 1.29 bits per heavy atom. The van der Waals surface area contributed by atoms with E-state index < -0.39 is 0 Å². The van der Waals surface area contributed by atoms with Crippen LogP contribution < -0.4 is 10.6 Å². The van der Waals surface area contributed by atoms with Gasteiger partial charge in [0, 0.05) is 26.7 Å². The van der Waals surface area contributed by atoms with Crippen LogP contribution in [0.2, 0.25) is 0 Å². The van der Waals surface area contributed by atoms with Crippen LogP contribution in [-0.2, 0) is 4.74 Å². The monoisotopic (exact) mass is 358 g/mol. The quantitative estimate of drug-likeness (QED) is 0.291. The Balaban J connectivity index is 0. The van der Waals surface area contributed by atoms with Gasteiger partial charge in [0.2, 0.25) is 0 Å². The number of halogens is 1. The summed E-state index contributed by atoms with van der Waals surface area (Å²) in [4.78, 5) is 6.71. The third-order valence-corrected chi connectivity index (χ3v) is 2.23. The van der Waals surface area contributed by atoms with Crippen molar-refractivity contribution in [3.8, 4) is 0 Å². The standard InChI is InChI=1S/C11H26N4O.HI/c1-5-12-11(14-8-10-16-4)13-7-9-15(3)6-2;/h5-10H2,1-4H3,(H2,12,13,14);1H. The summed E-state index contributed by atoms with van der Waals surface area (Å²) in [6.07, 6.45) is 0.